The van der Waals surface area contributed by atoms with Crippen LogP contribution in [0.25, 0.3) is 0 Å². The topological polar surface area (TPSA) is 38.7 Å². The molecule has 0 heterocycles. The second-order valence-electron chi connectivity index (χ2n) is 1.70. The molecule has 0 saturated heterocycles. The molecule has 0 radical (unpaired) electrons. The summed E-state index contributed by atoms with van der Waals surface area (Å²) in [5.41, 5.74) is -0.681. The van der Waals surface area contributed by atoms with E-state index in [1.165, 1.54) is 14.2 Å². The van der Waals surface area contributed by atoms with E-state index >= 15 is 0 Å². The number of aliphatic hydroxyl groups is 1. The fraction of sp³-hybridized carbons (Fsp3) is 1.00. The van der Waals surface area contributed by atoms with Crippen LogP contribution in [-0.4, -0.2) is 41.6 Å². The van der Waals surface area contributed by atoms with E-state index in [9.17, 15) is 0 Å². The van der Waals surface area contributed by atoms with Crippen molar-refractivity contribution >= 4 is 10.2 Å². The van der Waals surface area contributed by atoms with Crippen LogP contribution in [0.3, 0.4) is 0 Å². The van der Waals surface area contributed by atoms with Crippen LogP contribution in [0.2, 0.25) is 0 Å². The third-order valence-corrected chi connectivity index (χ3v) is 2.28. The van der Waals surface area contributed by atoms with Crippen LogP contribution in [0, 0.1) is 0 Å². The number of ether oxygens (including phenoxy) is 2. The lowest BCUT2D eigenvalue weighted by atomic mass is 10.7. The van der Waals surface area contributed by atoms with Crippen LogP contribution in [0.1, 0.15) is 0 Å². The number of methoxy groups -OCH3 is 2. The first-order chi connectivity index (χ1) is 3.68. The smallest absolute Gasteiger partial charge is 0.162 e. The van der Waals surface area contributed by atoms with Crippen LogP contribution in [0.4, 0.5) is 0 Å². The molecule has 0 aliphatic rings. The van der Waals surface area contributed by atoms with E-state index in [2.05, 4.69) is 0 Å². The summed E-state index contributed by atoms with van der Waals surface area (Å²) in [5.74, 6) is 0. The maximum absolute atomic E-state index is 8.57. The minimum atomic E-state index is -0.681. The van der Waals surface area contributed by atoms with Crippen molar-refractivity contribution in [2.24, 2.45) is 0 Å². The Balaban J connectivity index is 3.58. The highest BCUT2D eigenvalue weighted by atomic mass is 28.1. The summed E-state index contributed by atoms with van der Waals surface area (Å²) < 4.78 is 9.65. The van der Waals surface area contributed by atoms with Gasteiger partial charge in [0.05, 0.1) is 16.8 Å². The molecule has 0 spiro atoms. The van der Waals surface area contributed by atoms with Crippen molar-refractivity contribution in [1.82, 2.24) is 0 Å². The molecule has 50 valence electrons. The maximum Gasteiger partial charge on any atom is 0.162 e. The van der Waals surface area contributed by atoms with Crippen molar-refractivity contribution in [3.8, 4) is 0 Å². The second kappa shape index (κ2) is 3.19. The number of hydrogen-bond donors (Lipinski definition) is 1. The average molecular weight is 136 g/mol. The molecule has 0 fully saturated rings. The molecule has 8 heavy (non-hydrogen) atoms. The van der Waals surface area contributed by atoms with Gasteiger partial charge in [-0.2, -0.15) is 0 Å². The molecular weight excluding hydrogens is 124 g/mol. The highest BCUT2D eigenvalue weighted by molar-refractivity contribution is 6.13. The molecular formula is C4H12O3Si. The third-order valence-electron chi connectivity index (χ3n) is 1.15. The summed E-state index contributed by atoms with van der Waals surface area (Å²) in [6.07, 6.45) is 0. The molecule has 0 bridgehead atoms. The van der Waals surface area contributed by atoms with Crippen molar-refractivity contribution in [2.75, 3.05) is 20.8 Å². The Kier molecular flexibility index (Phi) is 3.23. The Morgan fingerprint density at radius 1 is 1.50 bits per heavy atom. The van der Waals surface area contributed by atoms with Crippen molar-refractivity contribution in [1.29, 1.82) is 0 Å². The Morgan fingerprint density at radius 3 is 1.88 bits per heavy atom. The largest absolute Gasteiger partial charge is 0.391 e. The monoisotopic (exact) mass is 136 g/mol. The van der Waals surface area contributed by atoms with Crippen molar-refractivity contribution < 1.29 is 14.6 Å². The lowest BCUT2D eigenvalue weighted by molar-refractivity contribution is -0.164. The molecule has 0 unspecified atom stereocenters. The van der Waals surface area contributed by atoms with Crippen molar-refractivity contribution in [3.63, 3.8) is 0 Å². The highest BCUT2D eigenvalue weighted by Gasteiger charge is 2.19. The summed E-state index contributed by atoms with van der Waals surface area (Å²) in [5, 5.41) is 8.57. The predicted molar refractivity (Wildman–Crippen MR) is 33.8 cm³/mol. The van der Waals surface area contributed by atoms with Gasteiger partial charge in [-0.15, -0.1) is 0 Å². The van der Waals surface area contributed by atoms with E-state index < -0.39 is 5.41 Å². The van der Waals surface area contributed by atoms with Gasteiger partial charge >= 0.3 is 0 Å². The zero-order chi connectivity index (χ0) is 6.62. The first kappa shape index (κ1) is 8.10. The molecule has 0 aromatic heterocycles. The molecule has 4 heteroatoms. The Labute approximate surface area is 52.0 Å². The average Bonchev–Trinajstić information content (AvgIpc) is 1.87. The highest BCUT2D eigenvalue weighted by Crippen LogP contribution is 2.01. The van der Waals surface area contributed by atoms with Gasteiger partial charge in [0.15, 0.2) is 5.41 Å². The molecule has 0 aliphatic heterocycles. The molecule has 0 aromatic carbocycles. The molecule has 0 aromatic rings. The third kappa shape index (κ3) is 1.91. The molecule has 0 amide bonds. The number of aliphatic hydroxyl groups excluding tert-OH is 1. The van der Waals surface area contributed by atoms with Crippen molar-refractivity contribution in [2.45, 2.75) is 5.41 Å². The van der Waals surface area contributed by atoms with Gasteiger partial charge < -0.3 is 14.6 Å². The number of hydrogen-bond acceptors (Lipinski definition) is 3. The van der Waals surface area contributed by atoms with Gasteiger partial charge in [0.2, 0.25) is 0 Å². The van der Waals surface area contributed by atoms with E-state index in [1.807, 2.05) is 0 Å². The van der Waals surface area contributed by atoms with Gasteiger partial charge in [-0.25, -0.2) is 0 Å². The zero-order valence-electron chi connectivity index (χ0n) is 5.47. The first-order valence-corrected chi connectivity index (χ1v) is 3.39. The fourth-order valence-electron chi connectivity index (χ4n) is 0.212. The SMILES string of the molecule is COC([SiH3])(CO)OC. The van der Waals surface area contributed by atoms with E-state index in [1.54, 1.807) is 0 Å². The molecule has 0 atom stereocenters. The summed E-state index contributed by atoms with van der Waals surface area (Å²) in [4.78, 5) is 0. The van der Waals surface area contributed by atoms with Crippen LogP contribution < -0.4 is 0 Å². The van der Waals surface area contributed by atoms with E-state index in [0.29, 0.717) is 10.2 Å². The quantitative estimate of drug-likeness (QED) is 0.371. The van der Waals surface area contributed by atoms with Crippen LogP contribution >= 0.6 is 0 Å². The Hall–Kier alpha value is 0.0969. The van der Waals surface area contributed by atoms with Gasteiger partial charge in [0, 0.05) is 14.2 Å². The maximum atomic E-state index is 8.57. The lowest BCUT2D eigenvalue weighted by Crippen LogP contribution is -2.38. The van der Waals surface area contributed by atoms with E-state index in [0.717, 1.165) is 0 Å². The Morgan fingerprint density at radius 2 is 1.88 bits per heavy atom. The molecule has 1 N–H and O–H groups in total. The fourth-order valence-corrected chi connectivity index (χ4v) is 0.212. The molecule has 0 aliphatic carbocycles. The molecule has 0 rings (SSSR count). The van der Waals surface area contributed by atoms with E-state index in [-0.39, 0.29) is 6.61 Å². The summed E-state index contributed by atoms with van der Waals surface area (Å²) in [6.45, 7) is -0.0633. The second-order valence-corrected chi connectivity index (χ2v) is 3.22. The van der Waals surface area contributed by atoms with Gasteiger partial charge in [-0.1, -0.05) is 0 Å². The summed E-state index contributed by atoms with van der Waals surface area (Å²) >= 11 is 0. The van der Waals surface area contributed by atoms with Gasteiger partial charge in [0.25, 0.3) is 0 Å². The minimum Gasteiger partial charge on any atom is -0.391 e. The lowest BCUT2D eigenvalue weighted by Gasteiger charge is -2.23. The Bertz CT molecular complexity index is 54.0. The summed E-state index contributed by atoms with van der Waals surface area (Å²) in [7, 11) is 3.72. The summed E-state index contributed by atoms with van der Waals surface area (Å²) in [6, 6.07) is 0. The number of rotatable bonds is 3. The standard InChI is InChI=1S/C4H12O3Si/c1-6-4(8,3-5)7-2/h5H,3H2,1-2,8H3. The minimum absolute atomic E-state index is 0.0633. The van der Waals surface area contributed by atoms with Crippen LogP contribution in [0.15, 0.2) is 0 Å². The molecule has 3 nitrogen and oxygen atoms in total. The first-order valence-electron chi connectivity index (χ1n) is 2.39. The predicted octanol–water partition coefficient (Wildman–Crippen LogP) is -1.71. The zero-order valence-corrected chi connectivity index (χ0v) is 7.47. The van der Waals surface area contributed by atoms with Crippen LogP contribution in [-0.2, 0) is 9.47 Å². The van der Waals surface area contributed by atoms with E-state index in [4.69, 9.17) is 14.6 Å². The normalized spacial score (nSPS) is 12.4. The van der Waals surface area contributed by atoms with Gasteiger partial charge in [0.1, 0.15) is 0 Å². The van der Waals surface area contributed by atoms with Gasteiger partial charge in [-0.3, -0.25) is 0 Å². The van der Waals surface area contributed by atoms with Gasteiger partial charge in [-0.05, 0) is 0 Å². The molecule has 0 saturated carbocycles. The van der Waals surface area contributed by atoms with Crippen LogP contribution in [0.5, 0.6) is 0 Å². The van der Waals surface area contributed by atoms with Crippen molar-refractivity contribution in [3.05, 3.63) is 0 Å².